The normalized spacial score (nSPS) is 35.1. The van der Waals surface area contributed by atoms with Crippen LogP contribution in [-0.2, 0) is 9.59 Å². The van der Waals surface area contributed by atoms with Crippen LogP contribution in [0.25, 0.3) is 0 Å². The Bertz CT molecular complexity index is 523. The summed E-state index contributed by atoms with van der Waals surface area (Å²) in [7, 11) is 3.77. The van der Waals surface area contributed by atoms with Gasteiger partial charge >= 0.3 is 0 Å². The number of hydrogen-bond donors (Lipinski definition) is 1. The molecule has 0 saturated heterocycles. The maximum Gasteiger partial charge on any atom is 0.184 e. The van der Waals surface area contributed by atoms with Crippen molar-refractivity contribution >= 4 is 11.6 Å². The topological polar surface area (TPSA) is 49.4 Å². The molecule has 4 heteroatoms. The Kier molecular flexibility index (Phi) is 4.79. The van der Waals surface area contributed by atoms with E-state index >= 15 is 0 Å². The molecule has 3 rings (SSSR count). The lowest BCUT2D eigenvalue weighted by Crippen LogP contribution is -2.48. The summed E-state index contributed by atoms with van der Waals surface area (Å²) in [4.78, 5) is 27.9. The summed E-state index contributed by atoms with van der Waals surface area (Å²) in [5, 5.41) is 3.50. The van der Waals surface area contributed by atoms with E-state index in [0.717, 1.165) is 38.5 Å². The second-order valence-corrected chi connectivity index (χ2v) is 7.96. The van der Waals surface area contributed by atoms with Crippen molar-refractivity contribution in [3.05, 3.63) is 11.4 Å². The standard InChI is InChI=1S/C19H30N2O2/c1-12-7-6-8-13(11-12)20-16-17(21(2)3)19(23)15-10-5-4-9-14(15)18(16)22/h12-15,20H,4-11H2,1-3H3. The Morgan fingerprint density at radius 2 is 1.57 bits per heavy atom. The van der Waals surface area contributed by atoms with Gasteiger partial charge in [-0.1, -0.05) is 32.6 Å². The van der Waals surface area contributed by atoms with Gasteiger partial charge in [0.05, 0.1) is 0 Å². The van der Waals surface area contributed by atoms with E-state index in [9.17, 15) is 9.59 Å². The van der Waals surface area contributed by atoms with Gasteiger partial charge in [-0.05, 0) is 31.6 Å². The Hall–Kier alpha value is -1.32. The van der Waals surface area contributed by atoms with Gasteiger partial charge in [-0.2, -0.15) is 0 Å². The van der Waals surface area contributed by atoms with Gasteiger partial charge in [-0.25, -0.2) is 0 Å². The van der Waals surface area contributed by atoms with Gasteiger partial charge in [0, 0.05) is 32.0 Å². The molecule has 0 radical (unpaired) electrons. The number of ketones is 2. The summed E-state index contributed by atoms with van der Waals surface area (Å²) >= 11 is 0. The van der Waals surface area contributed by atoms with Crippen molar-refractivity contribution in [2.24, 2.45) is 17.8 Å². The molecule has 23 heavy (non-hydrogen) atoms. The molecule has 0 heterocycles. The van der Waals surface area contributed by atoms with Gasteiger partial charge in [0.15, 0.2) is 11.6 Å². The molecule has 0 spiro atoms. The molecule has 0 bridgehead atoms. The van der Waals surface area contributed by atoms with Crippen LogP contribution in [0.4, 0.5) is 0 Å². The summed E-state index contributed by atoms with van der Waals surface area (Å²) in [6, 6.07) is 0.334. The summed E-state index contributed by atoms with van der Waals surface area (Å²) in [5.74, 6) is 0.913. The van der Waals surface area contributed by atoms with E-state index in [0.29, 0.717) is 23.4 Å². The van der Waals surface area contributed by atoms with Crippen molar-refractivity contribution in [3.63, 3.8) is 0 Å². The Labute approximate surface area is 139 Å². The molecule has 0 aromatic carbocycles. The second kappa shape index (κ2) is 6.66. The van der Waals surface area contributed by atoms with Crippen LogP contribution >= 0.6 is 0 Å². The van der Waals surface area contributed by atoms with Crippen molar-refractivity contribution < 1.29 is 9.59 Å². The first-order chi connectivity index (χ1) is 11.0. The molecule has 3 aliphatic carbocycles. The highest BCUT2D eigenvalue weighted by molar-refractivity contribution is 6.13. The molecule has 0 amide bonds. The first kappa shape index (κ1) is 16.5. The highest BCUT2D eigenvalue weighted by atomic mass is 16.1. The van der Waals surface area contributed by atoms with E-state index in [1.807, 2.05) is 19.0 Å². The number of hydrogen-bond acceptors (Lipinski definition) is 4. The quantitative estimate of drug-likeness (QED) is 0.869. The molecule has 128 valence electrons. The molecule has 3 aliphatic rings. The number of Topliss-reactive ketones (excluding diaryl/α,β-unsaturated/α-hetero) is 2. The van der Waals surface area contributed by atoms with Crippen LogP contribution in [0, 0.1) is 17.8 Å². The molecule has 1 N–H and O–H groups in total. The molecule has 2 saturated carbocycles. The minimum atomic E-state index is -0.0801. The largest absolute Gasteiger partial charge is 0.378 e. The zero-order chi connectivity index (χ0) is 16.6. The van der Waals surface area contributed by atoms with E-state index in [2.05, 4.69) is 12.2 Å². The summed E-state index contributed by atoms with van der Waals surface area (Å²) in [5.41, 5.74) is 1.23. The van der Waals surface area contributed by atoms with Gasteiger partial charge in [0.1, 0.15) is 11.4 Å². The molecular formula is C19H30N2O2. The highest BCUT2D eigenvalue weighted by Crippen LogP contribution is 2.39. The zero-order valence-electron chi connectivity index (χ0n) is 14.7. The fraction of sp³-hybridized carbons (Fsp3) is 0.789. The van der Waals surface area contributed by atoms with Gasteiger partial charge in [-0.15, -0.1) is 0 Å². The van der Waals surface area contributed by atoms with Crippen LogP contribution in [0.2, 0.25) is 0 Å². The maximum absolute atomic E-state index is 13.1. The van der Waals surface area contributed by atoms with Crippen LogP contribution in [0.15, 0.2) is 11.4 Å². The van der Waals surface area contributed by atoms with E-state index in [1.165, 1.54) is 12.8 Å². The van der Waals surface area contributed by atoms with Crippen molar-refractivity contribution in [2.75, 3.05) is 14.1 Å². The maximum atomic E-state index is 13.1. The average Bonchev–Trinajstić information content (AvgIpc) is 2.52. The van der Waals surface area contributed by atoms with Crippen LogP contribution in [0.1, 0.15) is 58.3 Å². The fourth-order valence-electron chi connectivity index (χ4n) is 4.71. The predicted octanol–water partition coefficient (Wildman–Crippen LogP) is 2.89. The highest BCUT2D eigenvalue weighted by Gasteiger charge is 2.45. The number of allylic oxidation sites excluding steroid dienone is 2. The first-order valence-electron chi connectivity index (χ1n) is 9.25. The Morgan fingerprint density at radius 1 is 0.913 bits per heavy atom. The number of nitrogens with zero attached hydrogens (tertiary/aromatic N) is 1. The molecule has 0 aromatic heterocycles. The van der Waals surface area contributed by atoms with E-state index in [-0.39, 0.29) is 23.4 Å². The summed E-state index contributed by atoms with van der Waals surface area (Å²) in [6.07, 6.45) is 8.58. The number of likely N-dealkylation sites (N-methyl/N-ethyl adjacent to an activating group) is 1. The van der Waals surface area contributed by atoms with Gasteiger partial charge in [0.25, 0.3) is 0 Å². The van der Waals surface area contributed by atoms with Crippen molar-refractivity contribution in [2.45, 2.75) is 64.3 Å². The summed E-state index contributed by atoms with van der Waals surface area (Å²) < 4.78 is 0. The van der Waals surface area contributed by atoms with Crippen LogP contribution in [-0.4, -0.2) is 36.6 Å². The molecule has 4 unspecified atom stereocenters. The van der Waals surface area contributed by atoms with Crippen molar-refractivity contribution in [1.82, 2.24) is 10.2 Å². The second-order valence-electron chi connectivity index (χ2n) is 7.96. The summed E-state index contributed by atoms with van der Waals surface area (Å²) in [6.45, 7) is 2.28. The lowest BCUT2D eigenvalue weighted by Gasteiger charge is -2.39. The Morgan fingerprint density at radius 3 is 2.17 bits per heavy atom. The van der Waals surface area contributed by atoms with Gasteiger partial charge in [-0.3, -0.25) is 9.59 Å². The zero-order valence-corrected chi connectivity index (χ0v) is 14.7. The van der Waals surface area contributed by atoms with Gasteiger partial charge < -0.3 is 10.2 Å². The lowest BCUT2D eigenvalue weighted by atomic mass is 9.69. The first-order valence-corrected chi connectivity index (χ1v) is 9.25. The minimum Gasteiger partial charge on any atom is -0.378 e. The fourth-order valence-corrected chi connectivity index (χ4v) is 4.71. The van der Waals surface area contributed by atoms with Crippen molar-refractivity contribution in [3.8, 4) is 0 Å². The molecule has 0 aliphatic heterocycles. The van der Waals surface area contributed by atoms with E-state index in [1.54, 1.807) is 0 Å². The smallest absolute Gasteiger partial charge is 0.184 e. The van der Waals surface area contributed by atoms with Crippen LogP contribution in [0.3, 0.4) is 0 Å². The number of nitrogens with one attached hydrogen (secondary N) is 1. The molecular weight excluding hydrogens is 288 g/mol. The number of carbonyl (C=O) groups is 2. The van der Waals surface area contributed by atoms with Crippen molar-refractivity contribution in [1.29, 1.82) is 0 Å². The molecule has 4 nitrogen and oxygen atoms in total. The predicted molar refractivity (Wildman–Crippen MR) is 90.7 cm³/mol. The SMILES string of the molecule is CC1CCCC(NC2=C(N(C)C)C(=O)C3CCCCC3C2=O)C1. The van der Waals surface area contributed by atoms with E-state index < -0.39 is 0 Å². The molecule has 4 atom stereocenters. The number of fused-ring (bicyclic) bond motifs is 1. The third-order valence-corrected chi connectivity index (χ3v) is 5.89. The van der Waals surface area contributed by atoms with Crippen LogP contribution < -0.4 is 5.32 Å². The molecule has 2 fully saturated rings. The average molecular weight is 318 g/mol. The third-order valence-electron chi connectivity index (χ3n) is 5.89. The number of carbonyl (C=O) groups excluding carboxylic acids is 2. The van der Waals surface area contributed by atoms with Crippen LogP contribution in [0.5, 0.6) is 0 Å². The minimum absolute atomic E-state index is 0.0792. The van der Waals surface area contributed by atoms with E-state index in [4.69, 9.17) is 0 Å². The van der Waals surface area contributed by atoms with Gasteiger partial charge in [0.2, 0.25) is 0 Å². The lowest BCUT2D eigenvalue weighted by molar-refractivity contribution is -0.133. The Balaban J connectivity index is 1.90. The third kappa shape index (κ3) is 3.17. The monoisotopic (exact) mass is 318 g/mol. The molecule has 0 aromatic rings. The number of rotatable bonds is 3.